The predicted molar refractivity (Wildman–Crippen MR) is 89.9 cm³/mol. The Balaban J connectivity index is 1.80. The second-order valence-electron chi connectivity index (χ2n) is 7.66. The maximum Gasteiger partial charge on any atom is 0.165 e. The van der Waals surface area contributed by atoms with E-state index in [9.17, 15) is 9.50 Å². The molecule has 2 aliphatic carbocycles. The Hall–Kier alpha value is -1.35. The molecule has 23 heavy (non-hydrogen) atoms. The van der Waals surface area contributed by atoms with E-state index >= 15 is 0 Å². The van der Waals surface area contributed by atoms with Crippen LogP contribution in [0.1, 0.15) is 64.0 Å². The summed E-state index contributed by atoms with van der Waals surface area (Å²) >= 11 is 0. The number of halogens is 1. The molecule has 1 aromatic carbocycles. The highest BCUT2D eigenvalue weighted by Crippen LogP contribution is 2.50. The molecule has 2 atom stereocenters. The molecule has 126 valence electrons. The highest BCUT2D eigenvalue weighted by molar-refractivity contribution is 5.32. The van der Waals surface area contributed by atoms with Crippen molar-refractivity contribution in [2.75, 3.05) is 7.11 Å². The molecule has 0 aliphatic heterocycles. The first-order valence-electron chi connectivity index (χ1n) is 8.65. The molecule has 0 aromatic heterocycles. The van der Waals surface area contributed by atoms with Gasteiger partial charge in [-0.3, -0.25) is 0 Å². The van der Waals surface area contributed by atoms with Gasteiger partial charge in [0.25, 0.3) is 0 Å². The van der Waals surface area contributed by atoms with Crippen molar-refractivity contribution in [3.63, 3.8) is 0 Å². The maximum atomic E-state index is 13.9. The molecule has 2 unspecified atom stereocenters. The van der Waals surface area contributed by atoms with Crippen molar-refractivity contribution in [3.8, 4) is 5.75 Å². The number of aliphatic hydroxyl groups excluding tert-OH is 1. The topological polar surface area (TPSA) is 29.5 Å². The normalized spacial score (nSPS) is 25.0. The van der Waals surface area contributed by atoms with Gasteiger partial charge in [-0.05, 0) is 67.6 Å². The van der Waals surface area contributed by atoms with Crippen LogP contribution in [0.5, 0.6) is 5.75 Å². The molecule has 0 bridgehead atoms. The SMILES string of the molecule is COc1ccc(C(O)C2CCC3=C(C2)C(C)(C)CCC3)cc1F. The van der Waals surface area contributed by atoms with Gasteiger partial charge in [0.15, 0.2) is 11.6 Å². The second kappa shape index (κ2) is 6.27. The van der Waals surface area contributed by atoms with Crippen molar-refractivity contribution in [1.29, 1.82) is 0 Å². The van der Waals surface area contributed by atoms with E-state index < -0.39 is 11.9 Å². The van der Waals surface area contributed by atoms with Crippen molar-refractivity contribution in [3.05, 3.63) is 40.7 Å². The Labute approximate surface area is 138 Å². The van der Waals surface area contributed by atoms with Crippen molar-refractivity contribution < 1.29 is 14.2 Å². The van der Waals surface area contributed by atoms with E-state index in [2.05, 4.69) is 13.8 Å². The van der Waals surface area contributed by atoms with Gasteiger partial charge in [-0.1, -0.05) is 31.1 Å². The molecule has 0 spiro atoms. The second-order valence-corrected chi connectivity index (χ2v) is 7.66. The van der Waals surface area contributed by atoms with Gasteiger partial charge in [-0.25, -0.2) is 4.39 Å². The number of benzene rings is 1. The Morgan fingerprint density at radius 1 is 1.30 bits per heavy atom. The quantitative estimate of drug-likeness (QED) is 0.779. The average Bonchev–Trinajstić information content (AvgIpc) is 2.53. The zero-order chi connectivity index (χ0) is 16.6. The van der Waals surface area contributed by atoms with Crippen LogP contribution in [0.25, 0.3) is 0 Å². The fourth-order valence-corrected chi connectivity index (χ4v) is 4.35. The third-order valence-electron chi connectivity index (χ3n) is 5.77. The van der Waals surface area contributed by atoms with Gasteiger partial charge >= 0.3 is 0 Å². The Morgan fingerprint density at radius 2 is 2.09 bits per heavy atom. The molecule has 0 amide bonds. The molecule has 1 aromatic rings. The van der Waals surface area contributed by atoms with Crippen LogP contribution in [0.15, 0.2) is 29.3 Å². The number of methoxy groups -OCH3 is 1. The van der Waals surface area contributed by atoms with Gasteiger partial charge in [-0.15, -0.1) is 0 Å². The number of hydrogen-bond donors (Lipinski definition) is 1. The van der Waals surface area contributed by atoms with E-state index in [4.69, 9.17) is 4.74 Å². The molecule has 0 saturated carbocycles. The van der Waals surface area contributed by atoms with Crippen LogP contribution in [-0.2, 0) is 0 Å². The first-order valence-corrected chi connectivity index (χ1v) is 8.65. The Morgan fingerprint density at radius 3 is 2.78 bits per heavy atom. The lowest BCUT2D eigenvalue weighted by atomic mass is 9.64. The largest absolute Gasteiger partial charge is 0.494 e. The lowest BCUT2D eigenvalue weighted by molar-refractivity contribution is 0.0925. The van der Waals surface area contributed by atoms with Crippen LogP contribution in [0.2, 0.25) is 0 Å². The lowest BCUT2D eigenvalue weighted by Crippen LogP contribution is -2.28. The molecule has 0 fully saturated rings. The van der Waals surface area contributed by atoms with E-state index in [1.807, 2.05) is 0 Å². The number of aliphatic hydroxyl groups is 1. The number of rotatable bonds is 3. The zero-order valence-corrected chi connectivity index (χ0v) is 14.4. The van der Waals surface area contributed by atoms with Crippen LogP contribution in [0.4, 0.5) is 4.39 Å². The molecule has 0 saturated heterocycles. The molecule has 0 radical (unpaired) electrons. The van der Waals surface area contributed by atoms with E-state index in [-0.39, 0.29) is 17.1 Å². The summed E-state index contributed by atoms with van der Waals surface area (Å²) in [5.74, 6) is -0.000294. The number of ether oxygens (including phenoxy) is 1. The van der Waals surface area contributed by atoms with Crippen LogP contribution in [0, 0.1) is 17.2 Å². The fourth-order valence-electron chi connectivity index (χ4n) is 4.35. The Kier molecular flexibility index (Phi) is 4.50. The van der Waals surface area contributed by atoms with Crippen LogP contribution >= 0.6 is 0 Å². The molecular formula is C20H27FO2. The van der Waals surface area contributed by atoms with Crippen LogP contribution in [0.3, 0.4) is 0 Å². The molecule has 2 nitrogen and oxygen atoms in total. The molecule has 3 rings (SSSR count). The maximum absolute atomic E-state index is 13.9. The minimum absolute atomic E-state index is 0.180. The summed E-state index contributed by atoms with van der Waals surface area (Å²) in [7, 11) is 1.45. The minimum atomic E-state index is -0.609. The highest BCUT2D eigenvalue weighted by Gasteiger charge is 2.36. The minimum Gasteiger partial charge on any atom is -0.494 e. The summed E-state index contributed by atoms with van der Waals surface area (Å²) in [6.45, 7) is 4.65. The van der Waals surface area contributed by atoms with Gasteiger partial charge in [0.05, 0.1) is 13.2 Å². The number of allylic oxidation sites excluding steroid dienone is 2. The molecule has 0 heterocycles. The lowest BCUT2D eigenvalue weighted by Gasteiger charge is -2.41. The molecule has 3 heteroatoms. The Bertz CT molecular complexity index is 618. The molecule has 2 aliphatic rings. The van der Waals surface area contributed by atoms with Crippen molar-refractivity contribution in [2.45, 2.75) is 58.5 Å². The van der Waals surface area contributed by atoms with Crippen molar-refractivity contribution in [1.82, 2.24) is 0 Å². The van der Waals surface area contributed by atoms with E-state index in [0.29, 0.717) is 5.56 Å². The van der Waals surface area contributed by atoms with E-state index in [1.54, 1.807) is 23.3 Å². The predicted octanol–water partition coefficient (Wildman–Crippen LogP) is 5.17. The van der Waals surface area contributed by atoms with Crippen LogP contribution in [-0.4, -0.2) is 12.2 Å². The monoisotopic (exact) mass is 318 g/mol. The standard InChI is InChI=1S/C20H27FO2/c1-20(2)10-4-5-13-6-7-14(11-16(13)20)19(22)15-8-9-18(23-3)17(21)12-15/h8-9,12,14,19,22H,4-7,10-11H2,1-3H3. The van der Waals surface area contributed by atoms with Crippen molar-refractivity contribution >= 4 is 0 Å². The summed E-state index contributed by atoms with van der Waals surface area (Å²) < 4.78 is 18.9. The first kappa shape index (κ1) is 16.5. The molecular weight excluding hydrogens is 291 g/mol. The fraction of sp³-hybridized carbons (Fsp3) is 0.600. The smallest absolute Gasteiger partial charge is 0.165 e. The van der Waals surface area contributed by atoms with E-state index in [1.165, 1.54) is 32.4 Å². The average molecular weight is 318 g/mol. The van der Waals surface area contributed by atoms with Gasteiger partial charge in [0, 0.05) is 0 Å². The summed E-state index contributed by atoms with van der Waals surface area (Å²) in [6.07, 6.45) is 6.13. The van der Waals surface area contributed by atoms with Crippen LogP contribution < -0.4 is 4.74 Å². The summed E-state index contributed by atoms with van der Waals surface area (Å²) in [5, 5.41) is 10.8. The van der Waals surface area contributed by atoms with Gasteiger partial charge in [-0.2, -0.15) is 0 Å². The van der Waals surface area contributed by atoms with Gasteiger partial charge < -0.3 is 9.84 Å². The zero-order valence-electron chi connectivity index (χ0n) is 14.4. The van der Waals surface area contributed by atoms with E-state index in [0.717, 1.165) is 19.3 Å². The highest BCUT2D eigenvalue weighted by atomic mass is 19.1. The van der Waals surface area contributed by atoms with Gasteiger partial charge in [0.1, 0.15) is 0 Å². The third-order valence-corrected chi connectivity index (χ3v) is 5.77. The van der Waals surface area contributed by atoms with Gasteiger partial charge in [0.2, 0.25) is 0 Å². The summed E-state index contributed by atoms with van der Waals surface area (Å²) in [5.41, 5.74) is 4.07. The molecule has 1 N–H and O–H groups in total. The number of hydrogen-bond acceptors (Lipinski definition) is 2. The summed E-state index contributed by atoms with van der Waals surface area (Å²) in [4.78, 5) is 0. The van der Waals surface area contributed by atoms with Crippen molar-refractivity contribution in [2.24, 2.45) is 11.3 Å². The third kappa shape index (κ3) is 3.16. The summed E-state index contributed by atoms with van der Waals surface area (Å²) in [6, 6.07) is 4.80. The first-order chi connectivity index (χ1) is 10.9.